The highest BCUT2D eigenvalue weighted by Gasteiger charge is 2.14. The molecule has 0 bridgehead atoms. The van der Waals surface area contributed by atoms with Crippen molar-refractivity contribution >= 4 is 44.4 Å². The van der Waals surface area contributed by atoms with Gasteiger partial charge in [-0.25, -0.2) is 9.78 Å². The number of hydrogen-bond donors (Lipinski definition) is 1. The summed E-state index contributed by atoms with van der Waals surface area (Å²) in [5.74, 6) is 0.444. The van der Waals surface area contributed by atoms with Gasteiger partial charge in [0.05, 0.1) is 10.9 Å². The summed E-state index contributed by atoms with van der Waals surface area (Å²) in [6.07, 6.45) is 0.454. The van der Waals surface area contributed by atoms with Crippen molar-refractivity contribution in [2.45, 2.75) is 23.9 Å². The molecule has 0 fully saturated rings. The number of fused-ring (bicyclic) bond motifs is 4. The Kier molecular flexibility index (Phi) is 5.51. The second-order valence-corrected chi connectivity index (χ2v) is 8.43. The molecule has 6 nitrogen and oxygen atoms in total. The zero-order valence-electron chi connectivity index (χ0n) is 17.2. The van der Waals surface area contributed by atoms with E-state index in [0.717, 1.165) is 21.7 Å². The molecule has 0 atom stereocenters. The predicted molar refractivity (Wildman–Crippen MR) is 127 cm³/mol. The maximum Gasteiger partial charge on any atom is 0.336 e. The minimum absolute atomic E-state index is 0.0142. The molecule has 1 N–H and O–H groups in total. The highest BCUT2D eigenvalue weighted by Crippen LogP contribution is 2.31. The van der Waals surface area contributed by atoms with E-state index in [1.807, 2.05) is 54.6 Å². The summed E-state index contributed by atoms with van der Waals surface area (Å²) in [5, 5.41) is 13.4. The highest BCUT2D eigenvalue weighted by atomic mass is 32.2. The fraction of sp³-hybridized carbons (Fsp3) is 0.160. The van der Waals surface area contributed by atoms with Crippen molar-refractivity contribution in [3.8, 4) is 0 Å². The quantitative estimate of drug-likeness (QED) is 0.182. The van der Waals surface area contributed by atoms with Crippen molar-refractivity contribution < 1.29 is 9.52 Å². The number of nitrogens with zero attached hydrogens (tertiary/aromatic N) is 2. The van der Waals surface area contributed by atoms with Crippen molar-refractivity contribution in [3.63, 3.8) is 0 Å². The number of para-hydroxylation sites is 1. The Morgan fingerprint density at radius 1 is 0.969 bits per heavy atom. The third-order valence-corrected chi connectivity index (χ3v) is 6.46. The van der Waals surface area contributed by atoms with Crippen LogP contribution in [0.25, 0.3) is 32.6 Å². The molecule has 0 amide bonds. The summed E-state index contributed by atoms with van der Waals surface area (Å²) in [7, 11) is 0. The molecule has 3 aromatic carbocycles. The molecule has 7 heteroatoms. The third-order valence-electron chi connectivity index (χ3n) is 5.44. The first-order valence-corrected chi connectivity index (χ1v) is 11.3. The van der Waals surface area contributed by atoms with Gasteiger partial charge in [0.25, 0.3) is 5.56 Å². The van der Waals surface area contributed by atoms with Crippen molar-refractivity contribution in [3.05, 3.63) is 93.1 Å². The van der Waals surface area contributed by atoms with Crippen molar-refractivity contribution in [1.82, 2.24) is 9.55 Å². The second kappa shape index (κ2) is 8.61. The van der Waals surface area contributed by atoms with Crippen LogP contribution in [-0.4, -0.2) is 21.3 Å². The number of aliphatic hydroxyl groups is 1. The number of benzene rings is 3. The van der Waals surface area contributed by atoms with Gasteiger partial charge in [0.2, 0.25) is 0 Å². The molecule has 0 saturated carbocycles. The van der Waals surface area contributed by atoms with Crippen LogP contribution in [0.5, 0.6) is 0 Å². The maximum absolute atomic E-state index is 13.1. The first-order valence-electron chi connectivity index (χ1n) is 10.3. The first-order chi connectivity index (χ1) is 15.7. The summed E-state index contributed by atoms with van der Waals surface area (Å²) in [4.78, 5) is 30.0. The van der Waals surface area contributed by atoms with Crippen LogP contribution in [0.15, 0.2) is 85.9 Å². The van der Waals surface area contributed by atoms with Crippen molar-refractivity contribution in [1.29, 1.82) is 0 Å². The zero-order valence-corrected chi connectivity index (χ0v) is 18.0. The molecular formula is C25H20N2O4S. The van der Waals surface area contributed by atoms with E-state index in [1.165, 1.54) is 17.8 Å². The number of aromatic nitrogens is 2. The lowest BCUT2D eigenvalue weighted by Gasteiger charge is -2.13. The summed E-state index contributed by atoms with van der Waals surface area (Å²) >= 11 is 1.40. The summed E-state index contributed by atoms with van der Waals surface area (Å²) in [6.45, 7) is 0.357. The molecule has 0 aliphatic heterocycles. The lowest BCUT2D eigenvalue weighted by atomic mass is 10.0. The van der Waals surface area contributed by atoms with Crippen LogP contribution in [0.4, 0.5) is 0 Å². The van der Waals surface area contributed by atoms with Crippen LogP contribution in [-0.2, 0) is 12.3 Å². The van der Waals surface area contributed by atoms with E-state index in [2.05, 4.69) is 0 Å². The van der Waals surface area contributed by atoms with Crippen LogP contribution in [0.3, 0.4) is 0 Å². The van der Waals surface area contributed by atoms with E-state index < -0.39 is 5.63 Å². The number of hydrogen-bond acceptors (Lipinski definition) is 6. The van der Waals surface area contributed by atoms with Gasteiger partial charge < -0.3 is 9.52 Å². The smallest absolute Gasteiger partial charge is 0.336 e. The van der Waals surface area contributed by atoms with Gasteiger partial charge >= 0.3 is 5.63 Å². The molecule has 5 rings (SSSR count). The third kappa shape index (κ3) is 3.70. The molecule has 0 aliphatic carbocycles. The number of rotatable bonds is 6. The van der Waals surface area contributed by atoms with Crippen LogP contribution in [0.2, 0.25) is 0 Å². The molecule has 0 radical (unpaired) electrons. The largest absolute Gasteiger partial charge is 0.423 e. The Morgan fingerprint density at radius 3 is 2.59 bits per heavy atom. The Morgan fingerprint density at radius 2 is 1.75 bits per heavy atom. The van der Waals surface area contributed by atoms with E-state index in [0.29, 0.717) is 40.4 Å². The van der Waals surface area contributed by atoms with Crippen LogP contribution >= 0.6 is 11.8 Å². The molecule has 5 aromatic rings. The Balaban J connectivity index is 1.62. The van der Waals surface area contributed by atoms with Crippen LogP contribution in [0.1, 0.15) is 12.0 Å². The molecule has 0 saturated heterocycles. The summed E-state index contributed by atoms with van der Waals surface area (Å²) in [6, 6.07) is 20.5. The summed E-state index contributed by atoms with van der Waals surface area (Å²) < 4.78 is 7.06. The average molecular weight is 445 g/mol. The topological polar surface area (TPSA) is 85.3 Å². The van der Waals surface area contributed by atoms with Gasteiger partial charge in [-0.3, -0.25) is 9.36 Å². The Labute approximate surface area is 187 Å². The van der Waals surface area contributed by atoms with Gasteiger partial charge in [0.1, 0.15) is 5.58 Å². The molecule has 160 valence electrons. The van der Waals surface area contributed by atoms with Crippen LogP contribution in [0, 0.1) is 0 Å². The molecular weight excluding hydrogens is 424 g/mol. The van der Waals surface area contributed by atoms with Gasteiger partial charge in [-0.15, -0.1) is 0 Å². The fourth-order valence-corrected chi connectivity index (χ4v) is 4.97. The van der Waals surface area contributed by atoms with E-state index in [-0.39, 0.29) is 12.2 Å². The number of aliphatic hydroxyl groups excluding tert-OH is 1. The van der Waals surface area contributed by atoms with E-state index in [9.17, 15) is 14.7 Å². The minimum Gasteiger partial charge on any atom is -0.423 e. The molecule has 2 heterocycles. The van der Waals surface area contributed by atoms with E-state index in [4.69, 9.17) is 9.40 Å². The molecule has 0 spiro atoms. The first kappa shape index (κ1) is 20.5. The molecule has 2 aromatic heterocycles. The standard InChI is InChI=1S/C25H20N2O4S/c28-13-5-12-27-24(30)19-8-3-4-9-20(19)26-25(27)32-15-17-14-22(29)31-21-11-10-16-6-1-2-7-18(16)23(17)21/h1-4,6-11,14,28H,5,12-13,15H2. The minimum atomic E-state index is -0.410. The lowest BCUT2D eigenvalue weighted by Crippen LogP contribution is -2.24. The second-order valence-electron chi connectivity index (χ2n) is 7.48. The Bertz CT molecular complexity index is 1570. The lowest BCUT2D eigenvalue weighted by molar-refractivity contribution is 0.276. The van der Waals surface area contributed by atoms with Gasteiger partial charge in [-0.05, 0) is 41.0 Å². The Hall–Kier alpha value is -3.42. The molecule has 32 heavy (non-hydrogen) atoms. The number of thioether (sulfide) groups is 1. The normalized spacial score (nSPS) is 11.5. The van der Waals surface area contributed by atoms with Crippen molar-refractivity contribution in [2.75, 3.05) is 6.61 Å². The molecule has 0 aliphatic rings. The van der Waals surface area contributed by atoms with Gasteiger partial charge in [0.15, 0.2) is 5.16 Å². The average Bonchev–Trinajstić information content (AvgIpc) is 2.81. The summed E-state index contributed by atoms with van der Waals surface area (Å²) in [5.41, 5.74) is 1.45. The predicted octanol–water partition coefficient (Wildman–Crippen LogP) is 4.33. The van der Waals surface area contributed by atoms with Gasteiger partial charge in [-0.1, -0.05) is 54.2 Å². The maximum atomic E-state index is 13.1. The zero-order chi connectivity index (χ0) is 22.1. The van der Waals surface area contributed by atoms with E-state index in [1.54, 1.807) is 10.6 Å². The molecule has 0 unspecified atom stereocenters. The SMILES string of the molecule is O=c1cc(CSc2nc3ccccc3c(=O)n2CCCO)c2c(ccc3ccccc32)o1. The van der Waals surface area contributed by atoms with Gasteiger partial charge in [0, 0.05) is 30.4 Å². The van der Waals surface area contributed by atoms with Gasteiger partial charge in [-0.2, -0.15) is 0 Å². The monoisotopic (exact) mass is 444 g/mol. The van der Waals surface area contributed by atoms with E-state index >= 15 is 0 Å². The fourth-order valence-electron chi connectivity index (χ4n) is 3.96. The van der Waals surface area contributed by atoms with Crippen LogP contribution < -0.4 is 11.2 Å². The highest BCUT2D eigenvalue weighted by molar-refractivity contribution is 7.98. The van der Waals surface area contributed by atoms with Crippen molar-refractivity contribution in [2.24, 2.45) is 0 Å².